The van der Waals surface area contributed by atoms with E-state index in [4.69, 9.17) is 0 Å². The molecule has 0 aliphatic carbocycles. The van der Waals surface area contributed by atoms with Crippen LogP contribution in [-0.4, -0.2) is 9.13 Å². The zero-order chi connectivity index (χ0) is 22.6. The molecule has 0 aliphatic rings. The average Bonchev–Trinajstić information content (AvgIpc) is 3.42. The van der Waals surface area contributed by atoms with Gasteiger partial charge in [0.15, 0.2) is 0 Å². The van der Waals surface area contributed by atoms with Crippen LogP contribution < -0.4 is 0 Å². The number of fused-ring (bicyclic) bond motifs is 6. The van der Waals surface area contributed by atoms with E-state index in [1.807, 2.05) is 0 Å². The maximum absolute atomic E-state index is 2.42. The zero-order valence-corrected chi connectivity index (χ0v) is 19.1. The number of hydrogen-bond donors (Lipinski definition) is 0. The van der Waals surface area contributed by atoms with Gasteiger partial charge in [0.25, 0.3) is 0 Å². The molecule has 162 valence electrons. The third-order valence-electron chi connectivity index (χ3n) is 7.05. The van der Waals surface area contributed by atoms with Gasteiger partial charge in [-0.2, -0.15) is 0 Å². The Morgan fingerprint density at radius 3 is 1.09 bits per heavy atom. The highest BCUT2D eigenvalue weighted by molar-refractivity contribution is 6.10. The standard InChI is InChI=1S/C32H24N2/c1-2-22-19-23(33-29-15-7-3-11-25(29)26-12-4-8-16-30(26)33)21-24(20-22)34-31-17-9-5-13-27(31)28-14-6-10-18-32(28)34/h3-21H,2H2,1H3. The number of nitrogens with zero attached hydrogens (tertiary/aromatic N) is 2. The third kappa shape index (κ3) is 2.69. The predicted molar refractivity (Wildman–Crippen MR) is 144 cm³/mol. The van der Waals surface area contributed by atoms with Crippen LogP contribution in [0.4, 0.5) is 0 Å². The van der Waals surface area contributed by atoms with Crippen LogP contribution in [0.2, 0.25) is 0 Å². The Hall–Kier alpha value is -4.30. The van der Waals surface area contributed by atoms with Gasteiger partial charge in [0.1, 0.15) is 0 Å². The van der Waals surface area contributed by atoms with E-state index in [0.29, 0.717) is 0 Å². The largest absolute Gasteiger partial charge is 0.309 e. The minimum atomic E-state index is 0.981. The van der Waals surface area contributed by atoms with Crippen molar-refractivity contribution in [3.63, 3.8) is 0 Å². The smallest absolute Gasteiger partial charge is 0.0541 e. The second-order valence-corrected chi connectivity index (χ2v) is 8.95. The molecule has 0 saturated carbocycles. The fraction of sp³-hybridized carbons (Fsp3) is 0.0625. The molecule has 0 spiro atoms. The van der Waals surface area contributed by atoms with E-state index in [9.17, 15) is 0 Å². The molecule has 2 heterocycles. The van der Waals surface area contributed by atoms with Crippen molar-refractivity contribution in [1.29, 1.82) is 0 Å². The first-order valence-corrected chi connectivity index (χ1v) is 11.9. The summed E-state index contributed by atoms with van der Waals surface area (Å²) in [6.07, 6.45) is 0.981. The quantitative estimate of drug-likeness (QED) is 0.263. The maximum atomic E-state index is 2.42. The Kier molecular flexibility index (Phi) is 4.16. The molecule has 7 rings (SSSR count). The van der Waals surface area contributed by atoms with Gasteiger partial charge in [0, 0.05) is 32.9 Å². The van der Waals surface area contributed by atoms with Crippen molar-refractivity contribution in [2.45, 2.75) is 13.3 Å². The summed E-state index contributed by atoms with van der Waals surface area (Å²) in [6.45, 7) is 2.24. The molecule has 7 aromatic rings. The lowest BCUT2D eigenvalue weighted by atomic mass is 10.1. The van der Waals surface area contributed by atoms with Crippen molar-refractivity contribution < 1.29 is 0 Å². The first-order chi connectivity index (χ1) is 16.8. The van der Waals surface area contributed by atoms with Gasteiger partial charge < -0.3 is 9.13 Å². The molecule has 5 aromatic carbocycles. The Labute approximate surface area is 198 Å². The summed E-state index contributed by atoms with van der Waals surface area (Å²) >= 11 is 0. The Morgan fingerprint density at radius 2 is 0.765 bits per heavy atom. The summed E-state index contributed by atoms with van der Waals surface area (Å²) in [4.78, 5) is 0. The molecule has 0 atom stereocenters. The van der Waals surface area contributed by atoms with E-state index in [2.05, 4.69) is 131 Å². The Bertz CT molecular complexity index is 1610. The van der Waals surface area contributed by atoms with Gasteiger partial charge in [-0.05, 0) is 54.4 Å². The molecule has 0 radical (unpaired) electrons. The van der Waals surface area contributed by atoms with Crippen LogP contribution in [0, 0.1) is 0 Å². The second kappa shape index (κ2) is 7.36. The molecule has 2 heteroatoms. The van der Waals surface area contributed by atoms with Gasteiger partial charge in [-0.15, -0.1) is 0 Å². The monoisotopic (exact) mass is 436 g/mol. The average molecular weight is 437 g/mol. The molecular formula is C32H24N2. The minimum Gasteiger partial charge on any atom is -0.309 e. The van der Waals surface area contributed by atoms with Crippen LogP contribution in [0.1, 0.15) is 12.5 Å². The summed E-state index contributed by atoms with van der Waals surface area (Å²) < 4.78 is 4.84. The first kappa shape index (κ1) is 19.2. The van der Waals surface area contributed by atoms with Crippen LogP contribution in [0.15, 0.2) is 115 Å². The van der Waals surface area contributed by atoms with Crippen LogP contribution in [0.5, 0.6) is 0 Å². The first-order valence-electron chi connectivity index (χ1n) is 11.9. The summed E-state index contributed by atoms with van der Waals surface area (Å²) in [5.41, 5.74) is 8.70. The summed E-state index contributed by atoms with van der Waals surface area (Å²) in [6, 6.07) is 41.9. The zero-order valence-electron chi connectivity index (χ0n) is 19.1. The second-order valence-electron chi connectivity index (χ2n) is 8.95. The molecule has 0 aliphatic heterocycles. The number of para-hydroxylation sites is 4. The van der Waals surface area contributed by atoms with E-state index in [0.717, 1.165) is 6.42 Å². The van der Waals surface area contributed by atoms with Gasteiger partial charge in [-0.3, -0.25) is 0 Å². The number of hydrogen-bond acceptors (Lipinski definition) is 0. The highest BCUT2D eigenvalue weighted by Gasteiger charge is 2.16. The van der Waals surface area contributed by atoms with Crippen molar-refractivity contribution in [1.82, 2.24) is 9.13 Å². The van der Waals surface area contributed by atoms with E-state index in [1.54, 1.807) is 0 Å². The lowest BCUT2D eigenvalue weighted by molar-refractivity contribution is 1.08. The SMILES string of the molecule is CCc1cc(-n2c3ccccc3c3ccccc32)cc(-n2c3ccccc3c3ccccc32)c1. The third-order valence-corrected chi connectivity index (χ3v) is 7.05. The number of benzene rings is 5. The maximum Gasteiger partial charge on any atom is 0.0541 e. The topological polar surface area (TPSA) is 9.86 Å². The van der Waals surface area contributed by atoms with Crippen LogP contribution in [0.3, 0.4) is 0 Å². The Balaban J connectivity index is 1.59. The molecule has 0 bridgehead atoms. The highest BCUT2D eigenvalue weighted by Crippen LogP contribution is 2.35. The van der Waals surface area contributed by atoms with Crippen molar-refractivity contribution in [2.24, 2.45) is 0 Å². The normalized spacial score (nSPS) is 11.8. The molecule has 0 saturated heterocycles. The van der Waals surface area contributed by atoms with Crippen molar-refractivity contribution >= 4 is 43.6 Å². The fourth-order valence-corrected chi connectivity index (χ4v) is 5.52. The summed E-state index contributed by atoms with van der Waals surface area (Å²) in [7, 11) is 0. The van der Waals surface area contributed by atoms with E-state index >= 15 is 0 Å². The number of rotatable bonds is 3. The summed E-state index contributed by atoms with van der Waals surface area (Å²) in [5.74, 6) is 0. The van der Waals surface area contributed by atoms with Gasteiger partial charge in [0.2, 0.25) is 0 Å². The molecular weight excluding hydrogens is 412 g/mol. The molecule has 2 nitrogen and oxygen atoms in total. The van der Waals surface area contributed by atoms with Crippen molar-refractivity contribution in [2.75, 3.05) is 0 Å². The highest BCUT2D eigenvalue weighted by atomic mass is 15.0. The van der Waals surface area contributed by atoms with Crippen molar-refractivity contribution in [3.05, 3.63) is 121 Å². The Morgan fingerprint density at radius 1 is 0.441 bits per heavy atom. The molecule has 2 aromatic heterocycles. The van der Waals surface area contributed by atoms with Gasteiger partial charge in [-0.1, -0.05) is 79.7 Å². The number of aryl methyl sites for hydroxylation is 1. The lowest BCUT2D eigenvalue weighted by Gasteiger charge is -2.15. The molecule has 0 fully saturated rings. The molecule has 0 amide bonds. The van der Waals surface area contributed by atoms with E-state index in [-0.39, 0.29) is 0 Å². The van der Waals surface area contributed by atoms with Crippen LogP contribution in [-0.2, 0) is 6.42 Å². The minimum absolute atomic E-state index is 0.981. The van der Waals surface area contributed by atoms with Gasteiger partial charge in [-0.25, -0.2) is 0 Å². The van der Waals surface area contributed by atoms with Crippen LogP contribution >= 0.6 is 0 Å². The number of aromatic nitrogens is 2. The molecule has 0 N–H and O–H groups in total. The van der Waals surface area contributed by atoms with Gasteiger partial charge in [0.05, 0.1) is 22.1 Å². The van der Waals surface area contributed by atoms with Crippen molar-refractivity contribution in [3.8, 4) is 11.4 Å². The predicted octanol–water partition coefficient (Wildman–Crippen LogP) is 8.44. The molecule has 34 heavy (non-hydrogen) atoms. The lowest BCUT2D eigenvalue weighted by Crippen LogP contribution is -2.00. The van der Waals surface area contributed by atoms with E-state index in [1.165, 1.54) is 60.5 Å². The fourth-order valence-electron chi connectivity index (χ4n) is 5.52. The molecule has 0 unspecified atom stereocenters. The van der Waals surface area contributed by atoms with E-state index < -0.39 is 0 Å². The van der Waals surface area contributed by atoms with Gasteiger partial charge >= 0.3 is 0 Å². The summed E-state index contributed by atoms with van der Waals surface area (Å²) in [5, 5.41) is 5.16. The van der Waals surface area contributed by atoms with Crippen LogP contribution in [0.25, 0.3) is 55.0 Å².